The number of hydrogen-bond acceptors (Lipinski definition) is 1. The second-order valence-corrected chi connectivity index (χ2v) is 4.69. The van der Waals surface area contributed by atoms with Crippen molar-refractivity contribution in [3.05, 3.63) is 11.8 Å². The molecule has 12 heavy (non-hydrogen) atoms. The van der Waals surface area contributed by atoms with Gasteiger partial charge in [-0.05, 0) is 31.3 Å². The van der Waals surface area contributed by atoms with Crippen LogP contribution < -0.4 is 11.1 Å². The minimum atomic E-state index is 0.425. The minimum Gasteiger partial charge on any atom is -0.388 e. The fraction of sp³-hybridized carbons (Fsp3) is 0.800. The van der Waals surface area contributed by atoms with Crippen LogP contribution in [0.25, 0.3) is 0 Å². The Morgan fingerprint density at radius 2 is 2.25 bits per heavy atom. The summed E-state index contributed by atoms with van der Waals surface area (Å²) >= 11 is 0. The standard InChI is InChI=1S/C10H20N2/c1-8(11)6-9-4-5-10(2,3)7-12-9/h6,8,12H,4-5,7,11H2,1-3H3/p+1. The monoisotopic (exact) mass is 169 g/mol. The van der Waals surface area contributed by atoms with Crippen molar-refractivity contribution >= 4 is 0 Å². The first-order chi connectivity index (χ1) is 5.49. The number of rotatable bonds is 1. The Balaban J connectivity index is 2.46. The van der Waals surface area contributed by atoms with Crippen LogP contribution in [0, 0.1) is 5.41 Å². The summed E-state index contributed by atoms with van der Waals surface area (Å²) in [6.45, 7) is 7.84. The van der Waals surface area contributed by atoms with Crippen LogP contribution in [0.4, 0.5) is 0 Å². The summed E-state index contributed by atoms with van der Waals surface area (Å²) in [4.78, 5) is 0. The van der Waals surface area contributed by atoms with Gasteiger partial charge in [0.1, 0.15) is 6.04 Å². The SMILES string of the molecule is CC([NH3+])C=C1CCC(C)(C)CN1. The number of nitrogens with one attached hydrogen (secondary N) is 1. The molecule has 70 valence electrons. The van der Waals surface area contributed by atoms with E-state index in [4.69, 9.17) is 0 Å². The van der Waals surface area contributed by atoms with Crippen molar-refractivity contribution in [2.45, 2.75) is 39.7 Å². The van der Waals surface area contributed by atoms with Crippen LogP contribution in [0.1, 0.15) is 33.6 Å². The Morgan fingerprint density at radius 3 is 2.67 bits per heavy atom. The lowest BCUT2D eigenvalue weighted by molar-refractivity contribution is -0.397. The molecule has 1 aliphatic heterocycles. The maximum Gasteiger partial charge on any atom is 0.102 e. The van der Waals surface area contributed by atoms with Gasteiger partial charge in [-0.1, -0.05) is 13.8 Å². The van der Waals surface area contributed by atoms with Crippen LogP contribution in [-0.4, -0.2) is 12.6 Å². The fourth-order valence-electron chi connectivity index (χ4n) is 1.49. The van der Waals surface area contributed by atoms with Crippen LogP contribution >= 0.6 is 0 Å². The van der Waals surface area contributed by atoms with E-state index >= 15 is 0 Å². The quantitative estimate of drug-likeness (QED) is 0.602. The van der Waals surface area contributed by atoms with Gasteiger partial charge in [0.05, 0.1) is 0 Å². The van der Waals surface area contributed by atoms with E-state index in [0.717, 1.165) is 6.54 Å². The van der Waals surface area contributed by atoms with Crippen molar-refractivity contribution in [3.63, 3.8) is 0 Å². The lowest BCUT2D eigenvalue weighted by atomic mass is 9.84. The summed E-state index contributed by atoms with van der Waals surface area (Å²) in [6.07, 6.45) is 4.71. The molecule has 2 nitrogen and oxygen atoms in total. The molecular formula is C10H21N2+. The Bertz CT molecular complexity index is 168. The largest absolute Gasteiger partial charge is 0.388 e. The van der Waals surface area contributed by atoms with Crippen molar-refractivity contribution in [2.75, 3.05) is 6.54 Å². The molecule has 1 atom stereocenters. The third-order valence-electron chi connectivity index (χ3n) is 2.35. The zero-order chi connectivity index (χ0) is 9.19. The summed E-state index contributed by atoms with van der Waals surface area (Å²) in [6, 6.07) is 0.425. The zero-order valence-electron chi connectivity index (χ0n) is 8.48. The van der Waals surface area contributed by atoms with Gasteiger partial charge in [-0.15, -0.1) is 0 Å². The van der Waals surface area contributed by atoms with Gasteiger partial charge in [0.15, 0.2) is 0 Å². The Hall–Kier alpha value is -0.500. The van der Waals surface area contributed by atoms with E-state index in [9.17, 15) is 0 Å². The first kappa shape index (κ1) is 9.59. The van der Waals surface area contributed by atoms with Gasteiger partial charge in [0.25, 0.3) is 0 Å². The molecule has 0 aromatic rings. The summed E-state index contributed by atoms with van der Waals surface area (Å²) in [5.41, 5.74) is 5.81. The van der Waals surface area contributed by atoms with Crippen LogP contribution in [0.5, 0.6) is 0 Å². The van der Waals surface area contributed by atoms with Gasteiger partial charge in [-0.2, -0.15) is 0 Å². The highest BCUT2D eigenvalue weighted by molar-refractivity contribution is 5.06. The van der Waals surface area contributed by atoms with Crippen molar-refractivity contribution < 1.29 is 5.73 Å². The molecule has 0 amide bonds. The topological polar surface area (TPSA) is 39.7 Å². The van der Waals surface area contributed by atoms with Gasteiger partial charge in [-0.25, -0.2) is 0 Å². The van der Waals surface area contributed by atoms with Crippen LogP contribution in [0.15, 0.2) is 11.8 Å². The highest BCUT2D eigenvalue weighted by Gasteiger charge is 2.22. The maximum atomic E-state index is 3.95. The normalized spacial score (nSPS) is 28.2. The molecule has 2 heteroatoms. The number of piperidine rings is 1. The molecular weight excluding hydrogens is 148 g/mol. The van der Waals surface area contributed by atoms with Gasteiger partial charge < -0.3 is 11.1 Å². The van der Waals surface area contributed by atoms with E-state index in [1.165, 1.54) is 18.5 Å². The molecule has 0 aliphatic carbocycles. The highest BCUT2D eigenvalue weighted by Crippen LogP contribution is 2.27. The molecule has 0 spiro atoms. The minimum absolute atomic E-state index is 0.425. The lowest BCUT2D eigenvalue weighted by Crippen LogP contribution is -2.58. The van der Waals surface area contributed by atoms with E-state index in [2.05, 4.69) is 37.9 Å². The predicted octanol–water partition coefficient (Wildman–Crippen LogP) is 0.910. The molecule has 4 N–H and O–H groups in total. The van der Waals surface area contributed by atoms with E-state index in [-0.39, 0.29) is 0 Å². The molecule has 1 fully saturated rings. The van der Waals surface area contributed by atoms with Crippen molar-refractivity contribution in [3.8, 4) is 0 Å². The van der Waals surface area contributed by atoms with Gasteiger partial charge >= 0.3 is 0 Å². The van der Waals surface area contributed by atoms with Gasteiger partial charge in [0.2, 0.25) is 0 Å². The first-order valence-electron chi connectivity index (χ1n) is 4.77. The van der Waals surface area contributed by atoms with Crippen LogP contribution in [0.2, 0.25) is 0 Å². The molecule has 0 bridgehead atoms. The van der Waals surface area contributed by atoms with E-state index < -0.39 is 0 Å². The number of allylic oxidation sites excluding steroid dienone is 1. The summed E-state index contributed by atoms with van der Waals surface area (Å²) in [7, 11) is 0. The Labute approximate surface area is 75.2 Å². The molecule has 0 aromatic carbocycles. The van der Waals surface area contributed by atoms with E-state index in [0.29, 0.717) is 11.5 Å². The third-order valence-corrected chi connectivity index (χ3v) is 2.35. The molecule has 0 saturated carbocycles. The Kier molecular flexibility index (Phi) is 2.78. The second-order valence-electron chi connectivity index (χ2n) is 4.69. The maximum absolute atomic E-state index is 3.95. The predicted molar refractivity (Wildman–Crippen MR) is 51.5 cm³/mol. The molecule has 0 aromatic heterocycles. The Morgan fingerprint density at radius 1 is 1.58 bits per heavy atom. The molecule has 1 heterocycles. The third kappa shape index (κ3) is 2.86. The first-order valence-corrected chi connectivity index (χ1v) is 4.77. The lowest BCUT2D eigenvalue weighted by Gasteiger charge is -2.32. The summed E-state index contributed by atoms with van der Waals surface area (Å²) in [5.74, 6) is 0. The van der Waals surface area contributed by atoms with Crippen molar-refractivity contribution in [1.29, 1.82) is 0 Å². The molecule has 1 aliphatic rings. The van der Waals surface area contributed by atoms with Crippen LogP contribution in [-0.2, 0) is 0 Å². The molecule has 0 radical (unpaired) electrons. The average Bonchev–Trinajstić information content (AvgIpc) is 1.93. The van der Waals surface area contributed by atoms with Crippen molar-refractivity contribution in [1.82, 2.24) is 5.32 Å². The van der Waals surface area contributed by atoms with E-state index in [1.807, 2.05) is 0 Å². The molecule has 1 saturated heterocycles. The number of hydrogen-bond donors (Lipinski definition) is 2. The second kappa shape index (κ2) is 3.48. The van der Waals surface area contributed by atoms with Gasteiger partial charge in [-0.3, -0.25) is 0 Å². The smallest absolute Gasteiger partial charge is 0.102 e. The molecule has 1 rings (SSSR count). The average molecular weight is 169 g/mol. The molecule has 1 unspecified atom stereocenters. The number of quaternary nitrogens is 1. The highest BCUT2D eigenvalue weighted by atomic mass is 14.9. The summed E-state index contributed by atoms with van der Waals surface area (Å²) < 4.78 is 0. The summed E-state index contributed by atoms with van der Waals surface area (Å²) in [5, 5.41) is 3.46. The van der Waals surface area contributed by atoms with Crippen molar-refractivity contribution in [2.24, 2.45) is 5.41 Å². The fourth-order valence-corrected chi connectivity index (χ4v) is 1.49. The van der Waals surface area contributed by atoms with Gasteiger partial charge in [0, 0.05) is 12.2 Å². The van der Waals surface area contributed by atoms with E-state index in [1.54, 1.807) is 0 Å². The zero-order valence-corrected chi connectivity index (χ0v) is 8.48. The van der Waals surface area contributed by atoms with Crippen LogP contribution in [0.3, 0.4) is 0 Å².